The summed E-state index contributed by atoms with van der Waals surface area (Å²) < 4.78 is 0. The molecular weight excluding hydrogens is 124 g/mol. The zero-order chi connectivity index (χ0) is 7.98. The van der Waals surface area contributed by atoms with Gasteiger partial charge in [-0.05, 0) is 26.8 Å². The van der Waals surface area contributed by atoms with Crippen LogP contribution in [-0.2, 0) is 0 Å². The predicted molar refractivity (Wildman–Crippen MR) is 45.5 cm³/mol. The van der Waals surface area contributed by atoms with Crippen molar-refractivity contribution < 1.29 is 0 Å². The van der Waals surface area contributed by atoms with Crippen molar-refractivity contribution in [3.05, 3.63) is 6.92 Å². The van der Waals surface area contributed by atoms with Gasteiger partial charge >= 0.3 is 0 Å². The van der Waals surface area contributed by atoms with Gasteiger partial charge in [0.25, 0.3) is 0 Å². The first-order chi connectivity index (χ1) is 4.70. The van der Waals surface area contributed by atoms with Crippen molar-refractivity contribution in [1.82, 2.24) is 5.32 Å². The van der Waals surface area contributed by atoms with E-state index in [1.807, 2.05) is 0 Å². The van der Waals surface area contributed by atoms with Crippen molar-refractivity contribution in [3.8, 4) is 0 Å². The second-order valence-electron chi connectivity index (χ2n) is 2.52. The normalized spacial score (nSPS) is 13.1. The second-order valence-corrected chi connectivity index (χ2v) is 2.52. The third-order valence-electron chi connectivity index (χ3n) is 1.41. The molecule has 0 amide bonds. The monoisotopic (exact) mass is 141 g/mol. The van der Waals surface area contributed by atoms with Crippen molar-refractivity contribution in [2.45, 2.75) is 32.7 Å². The highest BCUT2D eigenvalue weighted by Gasteiger charge is 2.01. The molecule has 0 saturated carbocycles. The molecule has 1 atom stereocenters. The average molecular weight is 141 g/mol. The van der Waals surface area contributed by atoms with Gasteiger partial charge in [0.15, 0.2) is 0 Å². The SMILES string of the molecule is [CH2]CC(=N)CC(C)NCC. The van der Waals surface area contributed by atoms with E-state index in [9.17, 15) is 0 Å². The van der Waals surface area contributed by atoms with Gasteiger partial charge < -0.3 is 10.7 Å². The maximum absolute atomic E-state index is 7.34. The first-order valence-electron chi connectivity index (χ1n) is 3.79. The Labute approximate surface area is 63.5 Å². The quantitative estimate of drug-likeness (QED) is 0.561. The van der Waals surface area contributed by atoms with Gasteiger partial charge in [-0.3, -0.25) is 0 Å². The van der Waals surface area contributed by atoms with E-state index in [-0.39, 0.29) is 0 Å². The summed E-state index contributed by atoms with van der Waals surface area (Å²) in [6.07, 6.45) is 1.47. The standard InChI is InChI=1S/C8H17N2/c1-4-8(9)6-7(3)10-5-2/h7,9-10H,1,4-6H2,2-3H3. The van der Waals surface area contributed by atoms with Gasteiger partial charge in [0.2, 0.25) is 0 Å². The topological polar surface area (TPSA) is 35.9 Å². The van der Waals surface area contributed by atoms with Gasteiger partial charge in [0, 0.05) is 18.2 Å². The van der Waals surface area contributed by atoms with Crippen LogP contribution in [0.1, 0.15) is 26.7 Å². The van der Waals surface area contributed by atoms with Crippen LogP contribution >= 0.6 is 0 Å². The summed E-state index contributed by atoms with van der Waals surface area (Å²) in [6.45, 7) is 8.79. The maximum Gasteiger partial charge on any atom is 0.0104 e. The van der Waals surface area contributed by atoms with E-state index >= 15 is 0 Å². The molecule has 0 saturated heterocycles. The molecule has 0 bridgehead atoms. The van der Waals surface area contributed by atoms with Gasteiger partial charge in [-0.2, -0.15) is 0 Å². The Bertz CT molecular complexity index is 99.4. The number of hydrogen-bond acceptors (Lipinski definition) is 2. The highest BCUT2D eigenvalue weighted by Crippen LogP contribution is 1.94. The zero-order valence-electron chi connectivity index (χ0n) is 6.91. The van der Waals surface area contributed by atoms with Crippen molar-refractivity contribution in [2.75, 3.05) is 6.54 Å². The summed E-state index contributed by atoms with van der Waals surface area (Å²) in [7, 11) is 0. The highest BCUT2D eigenvalue weighted by molar-refractivity contribution is 5.82. The molecule has 2 heteroatoms. The molecule has 0 aliphatic carbocycles. The van der Waals surface area contributed by atoms with Crippen molar-refractivity contribution >= 4 is 5.71 Å². The lowest BCUT2D eigenvalue weighted by Gasteiger charge is -2.11. The van der Waals surface area contributed by atoms with Crippen LogP contribution in [0, 0.1) is 12.3 Å². The molecule has 0 rings (SSSR count). The van der Waals surface area contributed by atoms with E-state index in [1.54, 1.807) is 0 Å². The molecule has 0 aliphatic heterocycles. The average Bonchev–Trinajstić information content (AvgIpc) is 1.88. The Hall–Kier alpha value is -0.370. The largest absolute Gasteiger partial charge is 0.314 e. The lowest BCUT2D eigenvalue weighted by atomic mass is 10.1. The van der Waals surface area contributed by atoms with Crippen LogP contribution < -0.4 is 5.32 Å². The highest BCUT2D eigenvalue weighted by atomic mass is 14.9. The van der Waals surface area contributed by atoms with Crippen LogP contribution in [0.15, 0.2) is 0 Å². The molecule has 1 unspecified atom stereocenters. The minimum absolute atomic E-state index is 0.430. The molecular formula is C8H17N2. The van der Waals surface area contributed by atoms with E-state index in [1.165, 1.54) is 0 Å². The van der Waals surface area contributed by atoms with Gasteiger partial charge in [0.05, 0.1) is 0 Å². The lowest BCUT2D eigenvalue weighted by Crippen LogP contribution is -2.27. The molecule has 2 nitrogen and oxygen atoms in total. The molecule has 0 aliphatic rings. The van der Waals surface area contributed by atoms with Crippen LogP contribution in [0.3, 0.4) is 0 Å². The molecule has 10 heavy (non-hydrogen) atoms. The van der Waals surface area contributed by atoms with Crippen LogP contribution in [0.2, 0.25) is 0 Å². The first-order valence-corrected chi connectivity index (χ1v) is 3.79. The van der Waals surface area contributed by atoms with Crippen molar-refractivity contribution in [1.29, 1.82) is 5.41 Å². The van der Waals surface area contributed by atoms with Crippen LogP contribution in [0.4, 0.5) is 0 Å². The summed E-state index contributed by atoms with van der Waals surface area (Å²) in [5.74, 6) is 0. The van der Waals surface area contributed by atoms with Gasteiger partial charge in [-0.25, -0.2) is 0 Å². The maximum atomic E-state index is 7.34. The Morgan fingerprint density at radius 1 is 1.70 bits per heavy atom. The number of nitrogens with one attached hydrogen (secondary N) is 2. The molecule has 0 heterocycles. The minimum Gasteiger partial charge on any atom is -0.314 e. The molecule has 0 fully saturated rings. The second kappa shape index (κ2) is 5.42. The van der Waals surface area contributed by atoms with Crippen LogP contribution in [0.25, 0.3) is 0 Å². The van der Waals surface area contributed by atoms with E-state index in [0.717, 1.165) is 18.7 Å². The van der Waals surface area contributed by atoms with Crippen LogP contribution in [-0.4, -0.2) is 18.3 Å². The molecule has 1 radical (unpaired) electrons. The first kappa shape index (κ1) is 9.63. The van der Waals surface area contributed by atoms with E-state index < -0.39 is 0 Å². The van der Waals surface area contributed by atoms with E-state index in [0.29, 0.717) is 12.5 Å². The fraction of sp³-hybridized carbons (Fsp3) is 0.750. The summed E-state index contributed by atoms with van der Waals surface area (Å²) in [5, 5.41) is 10.6. The Morgan fingerprint density at radius 2 is 2.30 bits per heavy atom. The number of hydrogen-bond donors (Lipinski definition) is 2. The molecule has 0 aromatic heterocycles. The number of rotatable bonds is 5. The molecule has 0 aromatic carbocycles. The molecule has 2 N–H and O–H groups in total. The Kier molecular flexibility index (Phi) is 5.22. The summed E-state index contributed by atoms with van der Waals surface area (Å²) in [5.41, 5.74) is 0.730. The fourth-order valence-corrected chi connectivity index (χ4v) is 0.892. The lowest BCUT2D eigenvalue weighted by molar-refractivity contribution is 0.582. The van der Waals surface area contributed by atoms with E-state index in [4.69, 9.17) is 5.41 Å². The van der Waals surface area contributed by atoms with Gasteiger partial charge in [0.1, 0.15) is 0 Å². The minimum atomic E-state index is 0.430. The molecule has 0 spiro atoms. The van der Waals surface area contributed by atoms with E-state index in [2.05, 4.69) is 26.1 Å². The summed E-state index contributed by atoms with van der Waals surface area (Å²) in [6, 6.07) is 0.430. The van der Waals surface area contributed by atoms with Gasteiger partial charge in [-0.1, -0.05) is 6.92 Å². The molecule has 59 valence electrons. The van der Waals surface area contributed by atoms with Crippen LogP contribution in [0.5, 0.6) is 0 Å². The molecule has 0 aromatic rings. The third-order valence-corrected chi connectivity index (χ3v) is 1.41. The fourth-order valence-electron chi connectivity index (χ4n) is 0.892. The smallest absolute Gasteiger partial charge is 0.0104 e. The van der Waals surface area contributed by atoms with Crippen molar-refractivity contribution in [2.24, 2.45) is 0 Å². The summed E-state index contributed by atoms with van der Waals surface area (Å²) >= 11 is 0. The van der Waals surface area contributed by atoms with Crippen molar-refractivity contribution in [3.63, 3.8) is 0 Å². The summed E-state index contributed by atoms with van der Waals surface area (Å²) in [4.78, 5) is 0. The Morgan fingerprint density at radius 3 is 2.70 bits per heavy atom. The zero-order valence-corrected chi connectivity index (χ0v) is 6.91. The Balaban J connectivity index is 3.37. The predicted octanol–water partition coefficient (Wildman–Crippen LogP) is 1.62. The van der Waals surface area contributed by atoms with Gasteiger partial charge in [-0.15, -0.1) is 0 Å². The third kappa shape index (κ3) is 4.50.